The molecule has 18 heavy (non-hydrogen) atoms. The van der Waals surface area contributed by atoms with Crippen molar-refractivity contribution in [1.29, 1.82) is 0 Å². The summed E-state index contributed by atoms with van der Waals surface area (Å²) in [5.74, 6) is -1.55. The summed E-state index contributed by atoms with van der Waals surface area (Å²) in [5.41, 5.74) is 0. The number of rotatable bonds is 5. The normalized spacial score (nSPS) is 9.61. The number of carbonyl (C=O) groups excluding carboxylic acids is 2. The van der Waals surface area contributed by atoms with E-state index in [0.717, 1.165) is 0 Å². The highest BCUT2D eigenvalue weighted by atomic mass is 16.4. The molecule has 0 aliphatic rings. The fraction of sp³-hybridized carbons (Fsp3) is 0.375. The van der Waals surface area contributed by atoms with Gasteiger partial charge in [0.25, 0.3) is 0 Å². The van der Waals surface area contributed by atoms with Crippen molar-refractivity contribution in [1.82, 2.24) is 25.4 Å². The van der Waals surface area contributed by atoms with E-state index in [1.807, 2.05) is 0 Å². The minimum Gasteiger partial charge on any atom is -0.480 e. The van der Waals surface area contributed by atoms with Crippen LogP contribution in [0, 0.1) is 0 Å². The van der Waals surface area contributed by atoms with E-state index in [1.54, 1.807) is 7.05 Å². The van der Waals surface area contributed by atoms with Crippen molar-refractivity contribution in [2.45, 2.75) is 0 Å². The Balaban J connectivity index is 2.27. The molecule has 0 saturated heterocycles. The standard InChI is InChI=1S/C8H12N6O4/c1-14-7(11-4-12-14)13-8(18)10-2-5(15)9-3-6(16)17/h4H,2-3H2,1H3,(H,9,15)(H,16,17)(H2,10,11,12,13,18). The Morgan fingerprint density at radius 1 is 1.33 bits per heavy atom. The third-order valence-corrected chi connectivity index (χ3v) is 1.78. The maximum absolute atomic E-state index is 11.3. The van der Waals surface area contributed by atoms with E-state index in [0.29, 0.717) is 0 Å². The molecule has 0 saturated carbocycles. The van der Waals surface area contributed by atoms with Gasteiger partial charge in [0, 0.05) is 7.05 Å². The molecule has 0 bridgehead atoms. The molecule has 0 fully saturated rings. The van der Waals surface area contributed by atoms with Crippen molar-refractivity contribution < 1.29 is 19.5 Å². The molecule has 0 spiro atoms. The van der Waals surface area contributed by atoms with E-state index in [9.17, 15) is 14.4 Å². The number of hydrogen-bond donors (Lipinski definition) is 4. The molecule has 4 N–H and O–H groups in total. The first-order chi connectivity index (χ1) is 8.49. The van der Waals surface area contributed by atoms with Gasteiger partial charge in [-0.2, -0.15) is 10.1 Å². The highest BCUT2D eigenvalue weighted by Gasteiger charge is 2.08. The van der Waals surface area contributed by atoms with Crippen molar-refractivity contribution in [3.05, 3.63) is 6.33 Å². The number of carboxylic acids is 1. The number of nitrogens with one attached hydrogen (secondary N) is 3. The Kier molecular flexibility index (Phi) is 4.60. The second kappa shape index (κ2) is 6.18. The average Bonchev–Trinajstić information content (AvgIpc) is 2.69. The molecule has 0 unspecified atom stereocenters. The molecule has 0 radical (unpaired) electrons. The fourth-order valence-corrected chi connectivity index (χ4v) is 0.952. The molecule has 10 nitrogen and oxygen atoms in total. The van der Waals surface area contributed by atoms with E-state index in [4.69, 9.17) is 5.11 Å². The lowest BCUT2D eigenvalue weighted by Gasteiger charge is -2.06. The second-order valence-electron chi connectivity index (χ2n) is 3.19. The van der Waals surface area contributed by atoms with Crippen LogP contribution in [0.4, 0.5) is 10.7 Å². The maximum Gasteiger partial charge on any atom is 0.322 e. The molecule has 0 aliphatic heterocycles. The fourth-order valence-electron chi connectivity index (χ4n) is 0.952. The van der Waals surface area contributed by atoms with Gasteiger partial charge in [-0.1, -0.05) is 0 Å². The van der Waals surface area contributed by atoms with Gasteiger partial charge in [-0.15, -0.1) is 0 Å². The van der Waals surface area contributed by atoms with E-state index in [2.05, 4.69) is 26.0 Å². The third-order valence-electron chi connectivity index (χ3n) is 1.78. The summed E-state index contributed by atoms with van der Waals surface area (Å²) < 4.78 is 1.34. The lowest BCUT2D eigenvalue weighted by atomic mass is 10.5. The van der Waals surface area contributed by atoms with Gasteiger partial charge in [0.1, 0.15) is 12.9 Å². The first-order valence-corrected chi connectivity index (χ1v) is 4.86. The molecule has 98 valence electrons. The largest absolute Gasteiger partial charge is 0.480 e. The number of nitrogens with zero attached hydrogens (tertiary/aromatic N) is 3. The number of amides is 3. The number of aliphatic carboxylic acids is 1. The molecular formula is C8H12N6O4. The summed E-state index contributed by atoms with van der Waals surface area (Å²) in [6, 6.07) is -0.642. The van der Waals surface area contributed by atoms with Gasteiger partial charge in [-0.3, -0.25) is 14.9 Å². The van der Waals surface area contributed by atoms with Crippen LogP contribution < -0.4 is 16.0 Å². The number of carbonyl (C=O) groups is 3. The summed E-state index contributed by atoms with van der Waals surface area (Å²) >= 11 is 0. The maximum atomic E-state index is 11.3. The second-order valence-corrected chi connectivity index (χ2v) is 3.19. The molecule has 0 atom stereocenters. The van der Waals surface area contributed by atoms with Crippen LogP contribution in [0.25, 0.3) is 0 Å². The van der Waals surface area contributed by atoms with Crippen LogP contribution in [0.1, 0.15) is 0 Å². The highest BCUT2D eigenvalue weighted by Crippen LogP contribution is 1.96. The smallest absolute Gasteiger partial charge is 0.322 e. The number of carboxylic acid groups (broad SMARTS) is 1. The molecule has 1 aromatic heterocycles. The zero-order chi connectivity index (χ0) is 13.5. The average molecular weight is 256 g/mol. The Hall–Kier alpha value is -2.65. The molecule has 1 rings (SSSR count). The van der Waals surface area contributed by atoms with E-state index in [-0.39, 0.29) is 12.5 Å². The Bertz CT molecular complexity index is 456. The summed E-state index contributed by atoms with van der Waals surface area (Å²) in [5, 5.41) is 18.7. The summed E-state index contributed by atoms with van der Waals surface area (Å²) in [7, 11) is 1.59. The van der Waals surface area contributed by atoms with Crippen LogP contribution in [0.15, 0.2) is 6.33 Å². The zero-order valence-electron chi connectivity index (χ0n) is 9.51. The SMILES string of the molecule is Cn1ncnc1NC(=O)NCC(=O)NCC(=O)O. The number of hydrogen-bond acceptors (Lipinski definition) is 5. The topological polar surface area (TPSA) is 138 Å². The van der Waals surface area contributed by atoms with E-state index >= 15 is 0 Å². The predicted molar refractivity (Wildman–Crippen MR) is 58.7 cm³/mol. The monoisotopic (exact) mass is 256 g/mol. The lowest BCUT2D eigenvalue weighted by molar-refractivity contribution is -0.137. The van der Waals surface area contributed by atoms with Crippen molar-refractivity contribution in [2.75, 3.05) is 18.4 Å². The van der Waals surface area contributed by atoms with Crippen molar-refractivity contribution in [3.8, 4) is 0 Å². The van der Waals surface area contributed by atoms with Crippen molar-refractivity contribution >= 4 is 23.9 Å². The summed E-state index contributed by atoms with van der Waals surface area (Å²) in [6.45, 7) is -0.831. The van der Waals surface area contributed by atoms with Gasteiger partial charge in [-0.25, -0.2) is 9.48 Å². The van der Waals surface area contributed by atoms with Crippen LogP contribution in [0.2, 0.25) is 0 Å². The van der Waals surface area contributed by atoms with Crippen LogP contribution >= 0.6 is 0 Å². The van der Waals surface area contributed by atoms with Crippen LogP contribution in [0.5, 0.6) is 0 Å². The molecule has 0 aliphatic carbocycles. The Morgan fingerprint density at radius 3 is 2.61 bits per heavy atom. The number of anilines is 1. The van der Waals surface area contributed by atoms with Crippen LogP contribution in [0.3, 0.4) is 0 Å². The number of aryl methyl sites for hydroxylation is 1. The van der Waals surface area contributed by atoms with E-state index in [1.165, 1.54) is 11.0 Å². The highest BCUT2D eigenvalue weighted by molar-refractivity contribution is 5.91. The lowest BCUT2D eigenvalue weighted by Crippen LogP contribution is -2.40. The number of urea groups is 1. The van der Waals surface area contributed by atoms with Gasteiger partial charge >= 0.3 is 12.0 Å². The minimum atomic E-state index is -1.16. The van der Waals surface area contributed by atoms with Crippen molar-refractivity contribution in [3.63, 3.8) is 0 Å². The Morgan fingerprint density at radius 2 is 2.06 bits per heavy atom. The van der Waals surface area contributed by atoms with Gasteiger partial charge < -0.3 is 15.7 Å². The quantitative estimate of drug-likeness (QED) is 0.487. The van der Waals surface area contributed by atoms with Gasteiger partial charge in [-0.05, 0) is 0 Å². The van der Waals surface area contributed by atoms with Crippen LogP contribution in [-0.4, -0.2) is 50.9 Å². The molecule has 0 aromatic carbocycles. The molecule has 1 aromatic rings. The zero-order valence-corrected chi connectivity index (χ0v) is 9.51. The summed E-state index contributed by atoms with van der Waals surface area (Å²) in [4.78, 5) is 36.3. The predicted octanol–water partition coefficient (Wildman–Crippen LogP) is -1.86. The Labute approximate surface area is 101 Å². The molecule has 10 heteroatoms. The minimum absolute atomic E-state index is 0.221. The molecule has 1 heterocycles. The molecule has 3 amide bonds. The van der Waals surface area contributed by atoms with Crippen molar-refractivity contribution in [2.24, 2.45) is 7.05 Å². The van der Waals surface area contributed by atoms with Gasteiger partial charge in [0.15, 0.2) is 0 Å². The van der Waals surface area contributed by atoms with Crippen LogP contribution in [-0.2, 0) is 16.6 Å². The number of aromatic nitrogens is 3. The first-order valence-electron chi connectivity index (χ1n) is 4.86. The summed E-state index contributed by atoms with van der Waals surface area (Å²) in [6.07, 6.45) is 1.26. The molecular weight excluding hydrogens is 244 g/mol. The van der Waals surface area contributed by atoms with Gasteiger partial charge in [0.2, 0.25) is 11.9 Å². The first kappa shape index (κ1) is 13.4. The third kappa shape index (κ3) is 4.47. The van der Waals surface area contributed by atoms with Gasteiger partial charge in [0.05, 0.1) is 6.54 Å². The van der Waals surface area contributed by atoms with E-state index < -0.39 is 24.5 Å².